The van der Waals surface area contributed by atoms with Crippen LogP contribution in [0.25, 0.3) is 0 Å². The van der Waals surface area contributed by atoms with Gasteiger partial charge in [0.05, 0.1) is 12.2 Å². The van der Waals surface area contributed by atoms with Crippen LogP contribution in [0.5, 0.6) is 0 Å². The van der Waals surface area contributed by atoms with E-state index in [9.17, 15) is 15.0 Å². The molecule has 0 aliphatic carbocycles. The van der Waals surface area contributed by atoms with Gasteiger partial charge in [-0.15, -0.1) is 0 Å². The van der Waals surface area contributed by atoms with Gasteiger partial charge in [0.15, 0.2) is 0 Å². The molecule has 0 bridgehead atoms. The van der Waals surface area contributed by atoms with Crippen LogP contribution in [0.3, 0.4) is 0 Å². The third-order valence-electron chi connectivity index (χ3n) is 4.98. The third-order valence-corrected chi connectivity index (χ3v) is 4.98. The van der Waals surface area contributed by atoms with Gasteiger partial charge in [0.1, 0.15) is 5.60 Å². The molecule has 2 fully saturated rings. The Bertz CT molecular complexity index is 390. The van der Waals surface area contributed by atoms with E-state index in [1.165, 1.54) is 0 Å². The van der Waals surface area contributed by atoms with E-state index in [2.05, 4.69) is 0 Å². The smallest absolute Gasteiger partial charge is 0.410 e. The molecule has 1 amide bonds. The van der Waals surface area contributed by atoms with Crippen LogP contribution in [-0.2, 0) is 9.47 Å². The van der Waals surface area contributed by atoms with Gasteiger partial charge in [0, 0.05) is 31.7 Å². The van der Waals surface area contributed by atoms with Crippen LogP contribution in [-0.4, -0.2) is 65.3 Å². The molecule has 2 aliphatic rings. The number of aliphatic hydroxyl groups excluding tert-OH is 1. The summed E-state index contributed by atoms with van der Waals surface area (Å²) in [5, 5.41) is 21.0. The number of rotatable bonds is 2. The minimum absolute atomic E-state index is 0.0424. The third kappa shape index (κ3) is 3.55. The standard InChI is InChI=1S/C16H29NO5/c1-14(2,3)22-13(19)17-8-4-16(20,5-9-17)15(12-18)6-10-21-11-7-15/h18,20H,4-12H2,1-3H3. The lowest BCUT2D eigenvalue weighted by molar-refractivity contribution is -0.173. The van der Waals surface area contributed by atoms with Crippen molar-refractivity contribution in [2.24, 2.45) is 5.41 Å². The fourth-order valence-electron chi connectivity index (χ4n) is 3.45. The molecule has 128 valence electrons. The summed E-state index contributed by atoms with van der Waals surface area (Å²) < 4.78 is 10.7. The maximum absolute atomic E-state index is 12.1. The number of ether oxygens (including phenoxy) is 2. The van der Waals surface area contributed by atoms with E-state index in [0.29, 0.717) is 52.0 Å². The second-order valence-corrected chi connectivity index (χ2v) is 7.55. The first-order chi connectivity index (χ1) is 10.2. The van der Waals surface area contributed by atoms with Crippen LogP contribution in [0.15, 0.2) is 0 Å². The number of aliphatic hydroxyl groups is 2. The van der Waals surface area contributed by atoms with Gasteiger partial charge >= 0.3 is 6.09 Å². The first-order valence-corrected chi connectivity index (χ1v) is 8.10. The Kier molecular flexibility index (Phi) is 5.04. The fraction of sp³-hybridized carbons (Fsp3) is 0.938. The van der Waals surface area contributed by atoms with Crippen molar-refractivity contribution in [1.29, 1.82) is 0 Å². The zero-order valence-electron chi connectivity index (χ0n) is 13.9. The summed E-state index contributed by atoms with van der Waals surface area (Å²) in [4.78, 5) is 13.7. The van der Waals surface area contributed by atoms with Gasteiger partial charge in [-0.1, -0.05) is 0 Å². The van der Waals surface area contributed by atoms with Gasteiger partial charge < -0.3 is 24.6 Å². The molecule has 2 rings (SSSR count). The molecule has 0 atom stereocenters. The normalized spacial score (nSPS) is 24.9. The number of carbonyl (C=O) groups excluding carboxylic acids is 1. The number of hydrogen-bond acceptors (Lipinski definition) is 5. The summed E-state index contributed by atoms with van der Waals surface area (Å²) in [6, 6.07) is 0. The summed E-state index contributed by atoms with van der Waals surface area (Å²) in [6.45, 7) is 7.52. The van der Waals surface area contributed by atoms with Crippen LogP contribution in [0.2, 0.25) is 0 Å². The highest BCUT2D eigenvalue weighted by Crippen LogP contribution is 2.46. The molecule has 0 radical (unpaired) electrons. The largest absolute Gasteiger partial charge is 0.444 e. The van der Waals surface area contributed by atoms with Crippen LogP contribution in [0, 0.1) is 5.41 Å². The van der Waals surface area contributed by atoms with E-state index in [1.54, 1.807) is 4.90 Å². The van der Waals surface area contributed by atoms with Gasteiger partial charge in [0.25, 0.3) is 0 Å². The van der Waals surface area contributed by atoms with Gasteiger partial charge in [-0.05, 0) is 46.5 Å². The second-order valence-electron chi connectivity index (χ2n) is 7.55. The lowest BCUT2D eigenvalue weighted by Crippen LogP contribution is -2.59. The molecule has 2 aliphatic heterocycles. The first-order valence-electron chi connectivity index (χ1n) is 8.10. The molecular weight excluding hydrogens is 286 g/mol. The Morgan fingerprint density at radius 1 is 1.18 bits per heavy atom. The molecule has 0 spiro atoms. The van der Waals surface area contributed by atoms with E-state index in [-0.39, 0.29) is 12.7 Å². The lowest BCUT2D eigenvalue weighted by Gasteiger charge is -2.51. The van der Waals surface area contributed by atoms with Crippen molar-refractivity contribution < 1.29 is 24.5 Å². The number of likely N-dealkylation sites (tertiary alicyclic amines) is 1. The Morgan fingerprint density at radius 3 is 2.18 bits per heavy atom. The highest BCUT2D eigenvalue weighted by molar-refractivity contribution is 5.68. The maximum Gasteiger partial charge on any atom is 0.410 e. The molecule has 0 saturated carbocycles. The molecule has 0 aromatic carbocycles. The highest BCUT2D eigenvalue weighted by atomic mass is 16.6. The molecule has 2 heterocycles. The van der Waals surface area contributed by atoms with Crippen LogP contribution < -0.4 is 0 Å². The summed E-state index contributed by atoms with van der Waals surface area (Å²) in [5.41, 5.74) is -1.97. The average Bonchev–Trinajstić information content (AvgIpc) is 2.46. The van der Waals surface area contributed by atoms with Crippen molar-refractivity contribution in [2.45, 2.75) is 57.7 Å². The van der Waals surface area contributed by atoms with Gasteiger partial charge in [-0.2, -0.15) is 0 Å². The zero-order valence-corrected chi connectivity index (χ0v) is 13.9. The summed E-state index contributed by atoms with van der Waals surface area (Å²) in [5.74, 6) is 0. The predicted molar refractivity (Wildman–Crippen MR) is 81.6 cm³/mol. The van der Waals surface area contributed by atoms with Crippen LogP contribution in [0.4, 0.5) is 4.79 Å². The summed E-state index contributed by atoms with van der Waals surface area (Å²) >= 11 is 0. The number of hydrogen-bond donors (Lipinski definition) is 2. The Labute approximate surface area is 132 Å². The van der Waals surface area contributed by atoms with E-state index in [0.717, 1.165) is 0 Å². The van der Waals surface area contributed by atoms with E-state index in [1.807, 2.05) is 20.8 Å². The van der Waals surface area contributed by atoms with Crippen molar-refractivity contribution in [2.75, 3.05) is 32.9 Å². The van der Waals surface area contributed by atoms with Crippen molar-refractivity contribution in [1.82, 2.24) is 4.90 Å². The number of amides is 1. The van der Waals surface area contributed by atoms with E-state index < -0.39 is 16.6 Å². The SMILES string of the molecule is CC(C)(C)OC(=O)N1CCC(O)(C2(CO)CCOCC2)CC1. The average molecular weight is 315 g/mol. The number of piperidine rings is 1. The Hall–Kier alpha value is -0.850. The monoisotopic (exact) mass is 315 g/mol. The minimum Gasteiger partial charge on any atom is -0.444 e. The molecule has 0 aromatic heterocycles. The molecule has 2 saturated heterocycles. The quantitative estimate of drug-likeness (QED) is 0.808. The summed E-state index contributed by atoms with van der Waals surface area (Å²) in [7, 11) is 0. The van der Waals surface area contributed by atoms with Crippen LogP contribution in [0.1, 0.15) is 46.5 Å². The number of nitrogens with zero attached hydrogens (tertiary/aromatic N) is 1. The molecule has 2 N–H and O–H groups in total. The predicted octanol–water partition coefficient (Wildman–Crippen LogP) is 1.54. The lowest BCUT2D eigenvalue weighted by atomic mass is 9.63. The van der Waals surface area contributed by atoms with Crippen molar-refractivity contribution >= 4 is 6.09 Å². The second kappa shape index (κ2) is 6.34. The molecular formula is C16H29NO5. The topological polar surface area (TPSA) is 79.2 Å². The summed E-state index contributed by atoms with van der Waals surface area (Å²) in [6.07, 6.45) is 1.91. The Balaban J connectivity index is 1.99. The maximum atomic E-state index is 12.1. The molecule has 6 nitrogen and oxygen atoms in total. The van der Waals surface area contributed by atoms with Crippen LogP contribution >= 0.6 is 0 Å². The van der Waals surface area contributed by atoms with Crippen molar-refractivity contribution in [3.8, 4) is 0 Å². The van der Waals surface area contributed by atoms with E-state index >= 15 is 0 Å². The fourth-order valence-corrected chi connectivity index (χ4v) is 3.45. The van der Waals surface area contributed by atoms with Crippen molar-refractivity contribution in [3.05, 3.63) is 0 Å². The zero-order chi connectivity index (χ0) is 16.4. The molecule has 0 aromatic rings. The van der Waals surface area contributed by atoms with Gasteiger partial charge in [-0.25, -0.2) is 4.79 Å². The van der Waals surface area contributed by atoms with Gasteiger partial charge in [0.2, 0.25) is 0 Å². The van der Waals surface area contributed by atoms with Gasteiger partial charge in [-0.3, -0.25) is 0 Å². The first kappa shape index (κ1) is 17.5. The number of carbonyl (C=O) groups is 1. The molecule has 6 heteroatoms. The van der Waals surface area contributed by atoms with E-state index in [4.69, 9.17) is 9.47 Å². The minimum atomic E-state index is -0.940. The molecule has 0 unspecified atom stereocenters. The molecule has 22 heavy (non-hydrogen) atoms. The van der Waals surface area contributed by atoms with Crippen molar-refractivity contribution in [3.63, 3.8) is 0 Å². The highest BCUT2D eigenvalue weighted by Gasteiger charge is 2.52. The Morgan fingerprint density at radius 2 is 1.73 bits per heavy atom.